The summed E-state index contributed by atoms with van der Waals surface area (Å²) in [5.74, 6) is -0.827. The Labute approximate surface area is 169 Å². The van der Waals surface area contributed by atoms with E-state index in [4.69, 9.17) is 4.74 Å². The van der Waals surface area contributed by atoms with Crippen LogP contribution in [0.3, 0.4) is 0 Å². The highest BCUT2D eigenvalue weighted by molar-refractivity contribution is 7.89. The van der Waals surface area contributed by atoms with Gasteiger partial charge in [-0.05, 0) is 41.7 Å². The van der Waals surface area contributed by atoms with E-state index in [0.717, 1.165) is 11.1 Å². The van der Waals surface area contributed by atoms with Gasteiger partial charge in [0, 0.05) is 19.7 Å². The van der Waals surface area contributed by atoms with E-state index in [1.165, 1.54) is 24.1 Å². The molecular formula is C20H23FN2O5S. The maximum Gasteiger partial charge on any atom is 0.407 e. The lowest BCUT2D eigenvalue weighted by Gasteiger charge is -2.26. The normalized spacial score (nSPS) is 19.4. The van der Waals surface area contributed by atoms with E-state index >= 15 is 0 Å². The molecule has 1 aliphatic rings. The van der Waals surface area contributed by atoms with E-state index < -0.39 is 34.1 Å². The van der Waals surface area contributed by atoms with Gasteiger partial charge in [-0.1, -0.05) is 36.4 Å². The molecule has 0 saturated carbocycles. The third kappa shape index (κ3) is 5.31. The summed E-state index contributed by atoms with van der Waals surface area (Å²) >= 11 is 0. The molecule has 2 N–H and O–H groups in total. The minimum atomic E-state index is -3.68. The summed E-state index contributed by atoms with van der Waals surface area (Å²) in [4.78, 5) is 12.9. The molecule has 0 unspecified atom stereocenters. The maximum atomic E-state index is 13.5. The van der Waals surface area contributed by atoms with Crippen LogP contribution in [0.1, 0.15) is 12.0 Å². The number of carbonyl (C=O) groups is 1. The molecule has 2 aromatic carbocycles. The van der Waals surface area contributed by atoms with Gasteiger partial charge in [0.25, 0.3) is 0 Å². The Balaban J connectivity index is 1.84. The highest BCUT2D eigenvalue weighted by Gasteiger charge is 2.39. The largest absolute Gasteiger partial charge is 0.465 e. The summed E-state index contributed by atoms with van der Waals surface area (Å²) in [5, 5.41) is 9.53. The number of nitrogens with one attached hydrogen (secondary N) is 1. The number of hydrogen-bond acceptors (Lipinski definition) is 4. The van der Waals surface area contributed by atoms with Crippen LogP contribution in [0.4, 0.5) is 9.18 Å². The van der Waals surface area contributed by atoms with Gasteiger partial charge in [-0.3, -0.25) is 0 Å². The van der Waals surface area contributed by atoms with E-state index in [2.05, 4.69) is 4.72 Å². The zero-order valence-corrected chi connectivity index (χ0v) is 16.7. The fourth-order valence-corrected chi connectivity index (χ4v) is 4.80. The molecule has 0 radical (unpaired) electrons. The summed E-state index contributed by atoms with van der Waals surface area (Å²) in [6, 6.07) is 12.5. The molecule has 1 heterocycles. The van der Waals surface area contributed by atoms with Gasteiger partial charge in [0.15, 0.2) is 5.94 Å². The number of benzene rings is 2. The summed E-state index contributed by atoms with van der Waals surface area (Å²) < 4.78 is 45.0. The van der Waals surface area contributed by atoms with Gasteiger partial charge in [0.1, 0.15) is 5.82 Å². The summed E-state index contributed by atoms with van der Waals surface area (Å²) in [6.07, 6.45) is -0.385. The van der Waals surface area contributed by atoms with Crippen molar-refractivity contribution in [3.8, 4) is 11.1 Å². The number of sulfonamides is 1. The third-order valence-electron chi connectivity index (χ3n) is 4.93. The minimum absolute atomic E-state index is 0.240. The van der Waals surface area contributed by atoms with Crippen molar-refractivity contribution in [2.75, 3.05) is 19.6 Å². The van der Waals surface area contributed by atoms with Crippen LogP contribution in [0.2, 0.25) is 0 Å². The van der Waals surface area contributed by atoms with Crippen molar-refractivity contribution in [3.63, 3.8) is 0 Å². The Hall–Kier alpha value is -2.49. The number of methoxy groups -OCH3 is 1. The van der Waals surface area contributed by atoms with Crippen LogP contribution in [0.5, 0.6) is 0 Å². The molecule has 2 aromatic rings. The average molecular weight is 422 g/mol. The molecule has 1 aliphatic heterocycles. The molecule has 3 rings (SSSR count). The number of ether oxygens (including phenoxy) is 1. The molecule has 0 spiro atoms. The number of hydrogen-bond donors (Lipinski definition) is 2. The lowest BCUT2D eigenvalue weighted by Crippen LogP contribution is -2.48. The van der Waals surface area contributed by atoms with Crippen LogP contribution in [0.15, 0.2) is 48.5 Å². The second-order valence-electron chi connectivity index (χ2n) is 6.99. The van der Waals surface area contributed by atoms with Crippen LogP contribution in [0.25, 0.3) is 11.1 Å². The van der Waals surface area contributed by atoms with Crippen LogP contribution in [-0.2, 0) is 21.2 Å². The van der Waals surface area contributed by atoms with Crippen molar-refractivity contribution in [1.82, 2.24) is 9.62 Å². The molecule has 29 heavy (non-hydrogen) atoms. The predicted molar refractivity (Wildman–Crippen MR) is 106 cm³/mol. The van der Waals surface area contributed by atoms with Crippen LogP contribution < -0.4 is 4.72 Å². The fourth-order valence-electron chi connectivity index (χ4n) is 3.69. The molecule has 1 fully saturated rings. The number of likely N-dealkylation sites (tertiary alicyclic amines) is 1. The third-order valence-corrected chi connectivity index (χ3v) is 6.13. The quantitative estimate of drug-likeness (QED) is 0.715. The van der Waals surface area contributed by atoms with Crippen LogP contribution in [-0.4, -0.2) is 56.2 Å². The van der Waals surface area contributed by atoms with Crippen LogP contribution in [0, 0.1) is 5.82 Å². The van der Waals surface area contributed by atoms with Crippen molar-refractivity contribution in [2.24, 2.45) is 0 Å². The lowest BCUT2D eigenvalue weighted by molar-refractivity contribution is 0.137. The van der Waals surface area contributed by atoms with Crippen molar-refractivity contribution in [2.45, 2.75) is 24.9 Å². The Morgan fingerprint density at radius 1 is 1.24 bits per heavy atom. The minimum Gasteiger partial charge on any atom is -0.465 e. The molecule has 1 amide bonds. The number of amides is 1. The SMILES string of the molecule is COCS(=O)(=O)N[C@H]1CCN(C(=O)O)[C@H]1Cc1cccc(-c2cccc(F)c2)c1. The molecule has 0 aliphatic carbocycles. The van der Waals surface area contributed by atoms with Crippen molar-refractivity contribution >= 4 is 16.1 Å². The molecule has 1 saturated heterocycles. The zero-order chi connectivity index (χ0) is 21.0. The summed E-state index contributed by atoms with van der Waals surface area (Å²) in [7, 11) is -2.39. The standard InChI is InChI=1S/C20H23FN2O5S/c1-28-13-29(26,27)22-18-8-9-23(20(24)25)19(18)11-14-4-2-5-15(10-14)16-6-3-7-17(21)12-16/h2-7,10,12,18-19,22H,8-9,11,13H2,1H3,(H,24,25)/t18-,19-/m0/s1. The predicted octanol–water partition coefficient (Wildman–Crippen LogP) is 2.68. The Bertz CT molecular complexity index is 982. The zero-order valence-electron chi connectivity index (χ0n) is 15.9. The molecule has 7 nitrogen and oxygen atoms in total. The van der Waals surface area contributed by atoms with Crippen molar-refractivity contribution < 1.29 is 27.4 Å². The van der Waals surface area contributed by atoms with Crippen molar-refractivity contribution in [1.29, 1.82) is 0 Å². The number of rotatable bonds is 7. The molecular weight excluding hydrogens is 399 g/mol. The molecule has 2 atom stereocenters. The highest BCUT2D eigenvalue weighted by atomic mass is 32.2. The van der Waals surface area contributed by atoms with Crippen molar-refractivity contribution in [3.05, 3.63) is 59.9 Å². The first-order valence-electron chi connectivity index (χ1n) is 9.12. The molecule has 0 aromatic heterocycles. The second-order valence-corrected chi connectivity index (χ2v) is 8.69. The van der Waals surface area contributed by atoms with Gasteiger partial charge >= 0.3 is 6.09 Å². The molecule has 156 valence electrons. The maximum absolute atomic E-state index is 13.5. The van der Waals surface area contributed by atoms with E-state index in [-0.39, 0.29) is 12.4 Å². The number of carboxylic acid groups (broad SMARTS) is 1. The van der Waals surface area contributed by atoms with E-state index in [1.54, 1.807) is 12.1 Å². The van der Waals surface area contributed by atoms with Gasteiger partial charge in [-0.25, -0.2) is 22.3 Å². The molecule has 0 bridgehead atoms. The number of halogens is 1. The average Bonchev–Trinajstić information content (AvgIpc) is 3.03. The first-order valence-corrected chi connectivity index (χ1v) is 10.8. The van der Waals surface area contributed by atoms with Gasteiger partial charge in [0.2, 0.25) is 10.0 Å². The van der Waals surface area contributed by atoms with Gasteiger partial charge in [0.05, 0.1) is 6.04 Å². The molecule has 9 heteroatoms. The van der Waals surface area contributed by atoms with Gasteiger partial charge in [-0.15, -0.1) is 0 Å². The Morgan fingerprint density at radius 2 is 1.93 bits per heavy atom. The van der Waals surface area contributed by atoms with E-state index in [0.29, 0.717) is 18.4 Å². The smallest absolute Gasteiger partial charge is 0.407 e. The van der Waals surface area contributed by atoms with Gasteiger partial charge < -0.3 is 14.7 Å². The van der Waals surface area contributed by atoms with Crippen LogP contribution >= 0.6 is 0 Å². The summed E-state index contributed by atoms with van der Waals surface area (Å²) in [5.41, 5.74) is 2.35. The number of nitrogens with zero attached hydrogens (tertiary/aromatic N) is 1. The van der Waals surface area contributed by atoms with E-state index in [9.17, 15) is 22.7 Å². The topological polar surface area (TPSA) is 95.9 Å². The van der Waals surface area contributed by atoms with Gasteiger partial charge in [-0.2, -0.15) is 0 Å². The monoisotopic (exact) mass is 422 g/mol. The summed E-state index contributed by atoms with van der Waals surface area (Å²) in [6.45, 7) is 0.240. The first kappa shape index (κ1) is 21.2. The fraction of sp³-hybridized carbons (Fsp3) is 0.350. The second kappa shape index (κ2) is 8.89. The first-order chi connectivity index (χ1) is 13.8. The van der Waals surface area contributed by atoms with E-state index in [1.807, 2.05) is 24.3 Å². The highest BCUT2D eigenvalue weighted by Crippen LogP contribution is 2.26. The lowest BCUT2D eigenvalue weighted by atomic mass is 9.97. The Morgan fingerprint density at radius 3 is 2.59 bits per heavy atom. The Kier molecular flexibility index (Phi) is 6.51.